The third-order valence-corrected chi connectivity index (χ3v) is 2.90. The summed E-state index contributed by atoms with van der Waals surface area (Å²) < 4.78 is 4.98. The number of hydrogen-bond donors (Lipinski definition) is 2. The van der Waals surface area contributed by atoms with Gasteiger partial charge in [0.05, 0.1) is 17.0 Å². The molecule has 2 aromatic rings. The molecule has 1 amide bonds. The summed E-state index contributed by atoms with van der Waals surface area (Å²) in [6, 6.07) is 11.4. The van der Waals surface area contributed by atoms with Crippen LogP contribution in [-0.4, -0.2) is 5.91 Å². The van der Waals surface area contributed by atoms with E-state index in [0.717, 1.165) is 0 Å². The third-order valence-electron chi connectivity index (χ3n) is 2.59. The number of rotatable bonds is 4. The Hall–Kier alpha value is -3.22. The molecule has 0 atom stereocenters. The number of amides is 1. The van der Waals surface area contributed by atoms with Gasteiger partial charge in [-0.05, 0) is 30.3 Å². The number of nitrogens with one attached hydrogen (secondary N) is 2. The van der Waals surface area contributed by atoms with Gasteiger partial charge in [-0.3, -0.25) is 4.79 Å². The first-order valence-electron chi connectivity index (χ1n) is 6.05. The predicted molar refractivity (Wildman–Crippen MR) is 81.0 cm³/mol. The van der Waals surface area contributed by atoms with Gasteiger partial charge in [-0.15, -0.1) is 0 Å². The first kappa shape index (κ1) is 15.2. The first-order chi connectivity index (χ1) is 10.6. The zero-order valence-electron chi connectivity index (χ0n) is 11.1. The van der Waals surface area contributed by atoms with Crippen LogP contribution >= 0.6 is 11.6 Å². The molecule has 0 saturated carbocycles. The van der Waals surface area contributed by atoms with Crippen molar-refractivity contribution in [2.24, 2.45) is 0 Å². The summed E-state index contributed by atoms with van der Waals surface area (Å²) in [6.45, 7) is 0. The van der Waals surface area contributed by atoms with Crippen molar-refractivity contribution in [2.45, 2.75) is 0 Å². The van der Waals surface area contributed by atoms with Crippen molar-refractivity contribution < 1.29 is 9.21 Å². The summed E-state index contributed by atoms with van der Waals surface area (Å²) in [5.74, 6) is -0.238. The molecule has 0 radical (unpaired) electrons. The normalized spacial score (nSPS) is 9.23. The summed E-state index contributed by atoms with van der Waals surface area (Å²) in [5, 5.41) is 22.9. The van der Waals surface area contributed by atoms with Gasteiger partial charge in [-0.25, -0.2) is 0 Å². The molecule has 0 aliphatic heterocycles. The highest BCUT2D eigenvalue weighted by atomic mass is 35.5. The van der Waals surface area contributed by atoms with Crippen LogP contribution in [0, 0.1) is 22.7 Å². The van der Waals surface area contributed by atoms with Crippen LogP contribution < -0.4 is 10.6 Å². The van der Waals surface area contributed by atoms with Gasteiger partial charge in [0, 0.05) is 11.9 Å². The molecule has 6 nitrogen and oxygen atoms in total. The van der Waals surface area contributed by atoms with Crippen LogP contribution in [0.4, 0.5) is 11.4 Å². The Morgan fingerprint density at radius 2 is 2.05 bits per heavy atom. The van der Waals surface area contributed by atoms with Crippen molar-refractivity contribution in [2.75, 3.05) is 10.6 Å². The molecule has 108 valence electrons. The Labute approximate surface area is 131 Å². The fraction of sp³-hybridized carbons (Fsp3) is 0. The molecule has 2 N–H and O–H groups in total. The largest absolute Gasteiger partial charge is 0.459 e. The zero-order chi connectivity index (χ0) is 15.9. The van der Waals surface area contributed by atoms with Crippen molar-refractivity contribution in [3.8, 4) is 12.1 Å². The van der Waals surface area contributed by atoms with Gasteiger partial charge in [-0.1, -0.05) is 11.6 Å². The minimum absolute atomic E-state index is 0.0636. The van der Waals surface area contributed by atoms with E-state index in [1.54, 1.807) is 36.4 Å². The van der Waals surface area contributed by atoms with Gasteiger partial charge in [0.1, 0.15) is 17.7 Å². The maximum absolute atomic E-state index is 11.8. The van der Waals surface area contributed by atoms with Crippen LogP contribution in [0.1, 0.15) is 10.6 Å². The molecule has 0 unspecified atom stereocenters. The molecule has 0 bridgehead atoms. The van der Waals surface area contributed by atoms with Gasteiger partial charge in [0.25, 0.3) is 5.91 Å². The monoisotopic (exact) mass is 312 g/mol. The maximum atomic E-state index is 11.8. The van der Waals surface area contributed by atoms with E-state index in [1.165, 1.54) is 18.5 Å². The zero-order valence-corrected chi connectivity index (χ0v) is 11.9. The number of benzene rings is 1. The molecule has 0 saturated heterocycles. The molecule has 22 heavy (non-hydrogen) atoms. The highest BCUT2D eigenvalue weighted by Gasteiger charge is 2.11. The fourth-order valence-electron chi connectivity index (χ4n) is 1.54. The van der Waals surface area contributed by atoms with Crippen molar-refractivity contribution in [1.82, 2.24) is 0 Å². The quantitative estimate of drug-likeness (QED) is 0.841. The Morgan fingerprint density at radius 1 is 1.27 bits per heavy atom. The molecular formula is C15H9ClN4O2. The summed E-state index contributed by atoms with van der Waals surface area (Å²) in [5.41, 5.74) is 0.925. The van der Waals surface area contributed by atoms with E-state index in [-0.39, 0.29) is 11.3 Å². The molecule has 2 rings (SSSR count). The molecule has 0 aliphatic carbocycles. The topological polar surface area (TPSA) is 102 Å². The van der Waals surface area contributed by atoms with Gasteiger partial charge < -0.3 is 15.1 Å². The minimum atomic E-state index is -0.413. The summed E-state index contributed by atoms with van der Waals surface area (Å²) in [6.07, 6.45) is 2.67. The molecule has 0 aliphatic rings. The van der Waals surface area contributed by atoms with E-state index < -0.39 is 5.91 Å². The van der Waals surface area contributed by atoms with E-state index in [4.69, 9.17) is 26.5 Å². The van der Waals surface area contributed by atoms with Crippen LogP contribution in [0.5, 0.6) is 0 Å². The van der Waals surface area contributed by atoms with E-state index in [0.29, 0.717) is 16.4 Å². The van der Waals surface area contributed by atoms with E-state index in [9.17, 15) is 4.79 Å². The SMILES string of the molecule is N#CC(C#N)=CNc1ccc(NC(=O)c2ccco2)c(Cl)c1. The van der Waals surface area contributed by atoms with Crippen molar-refractivity contribution in [3.05, 3.63) is 59.2 Å². The number of carbonyl (C=O) groups excluding carboxylic acids is 1. The standard InChI is InChI=1S/C15H9ClN4O2/c16-12-6-11(19-9-10(7-17)8-18)3-4-13(12)20-15(21)14-2-1-5-22-14/h1-6,9,19H,(H,20,21). The molecule has 1 aromatic carbocycles. The van der Waals surface area contributed by atoms with Crippen molar-refractivity contribution in [3.63, 3.8) is 0 Å². The Morgan fingerprint density at radius 3 is 2.64 bits per heavy atom. The van der Waals surface area contributed by atoms with Gasteiger partial charge in [0.2, 0.25) is 0 Å². The summed E-state index contributed by atoms with van der Waals surface area (Å²) in [7, 11) is 0. The highest BCUT2D eigenvalue weighted by Crippen LogP contribution is 2.26. The van der Waals surface area contributed by atoms with E-state index in [1.807, 2.05) is 0 Å². The maximum Gasteiger partial charge on any atom is 0.291 e. The van der Waals surface area contributed by atoms with Crippen LogP contribution in [0.2, 0.25) is 5.02 Å². The fourth-order valence-corrected chi connectivity index (χ4v) is 1.77. The van der Waals surface area contributed by atoms with Gasteiger partial charge in [0.15, 0.2) is 5.76 Å². The molecule has 0 fully saturated rings. The van der Waals surface area contributed by atoms with Gasteiger partial charge in [-0.2, -0.15) is 10.5 Å². The van der Waals surface area contributed by atoms with E-state index >= 15 is 0 Å². The van der Waals surface area contributed by atoms with Crippen LogP contribution in [0.25, 0.3) is 0 Å². The second-order valence-electron chi connectivity index (χ2n) is 4.05. The molecule has 0 spiro atoms. The smallest absolute Gasteiger partial charge is 0.291 e. The van der Waals surface area contributed by atoms with Crippen molar-refractivity contribution in [1.29, 1.82) is 10.5 Å². The van der Waals surface area contributed by atoms with Crippen LogP contribution in [-0.2, 0) is 0 Å². The van der Waals surface area contributed by atoms with Crippen LogP contribution in [0.3, 0.4) is 0 Å². The Kier molecular flexibility index (Phi) is 4.81. The number of halogens is 1. The number of furan rings is 1. The number of carbonyl (C=O) groups is 1. The Balaban J connectivity index is 2.10. The van der Waals surface area contributed by atoms with Crippen LogP contribution in [0.15, 0.2) is 52.8 Å². The number of nitrogens with zero attached hydrogens (tertiary/aromatic N) is 2. The summed E-state index contributed by atoms with van der Waals surface area (Å²) in [4.78, 5) is 11.8. The lowest BCUT2D eigenvalue weighted by molar-refractivity contribution is 0.0996. The first-order valence-corrected chi connectivity index (χ1v) is 6.43. The predicted octanol–water partition coefficient (Wildman–Crippen LogP) is 3.53. The lowest BCUT2D eigenvalue weighted by Crippen LogP contribution is -2.11. The average Bonchev–Trinajstić information content (AvgIpc) is 3.05. The van der Waals surface area contributed by atoms with Crippen molar-refractivity contribution >= 4 is 28.9 Å². The second kappa shape index (κ2) is 6.98. The second-order valence-corrected chi connectivity index (χ2v) is 4.46. The lowest BCUT2D eigenvalue weighted by Gasteiger charge is -2.08. The third kappa shape index (κ3) is 3.66. The molecule has 7 heteroatoms. The minimum Gasteiger partial charge on any atom is -0.459 e. The van der Waals surface area contributed by atoms with Gasteiger partial charge >= 0.3 is 0 Å². The number of allylic oxidation sites excluding steroid dienone is 1. The Bertz CT molecular complexity index is 782. The molecule has 1 heterocycles. The lowest BCUT2D eigenvalue weighted by atomic mass is 10.2. The average molecular weight is 313 g/mol. The number of hydrogen-bond acceptors (Lipinski definition) is 5. The van der Waals surface area contributed by atoms with E-state index in [2.05, 4.69) is 10.6 Å². The molecular weight excluding hydrogens is 304 g/mol. The highest BCUT2D eigenvalue weighted by molar-refractivity contribution is 6.34. The molecule has 1 aromatic heterocycles. The number of nitriles is 2. The number of anilines is 2. The summed E-state index contributed by atoms with van der Waals surface area (Å²) >= 11 is 6.08.